The molecule has 0 amide bonds. The summed E-state index contributed by atoms with van der Waals surface area (Å²) in [5.74, 6) is 2.46. The second-order valence-electron chi connectivity index (χ2n) is 5.35. The number of ether oxygens (including phenoxy) is 2. The van der Waals surface area contributed by atoms with Gasteiger partial charge in [0.1, 0.15) is 0 Å². The minimum atomic E-state index is 0.336. The number of hydrogen-bond donors (Lipinski definition) is 0. The fourth-order valence-electron chi connectivity index (χ4n) is 2.68. The maximum Gasteiger partial charge on any atom is 0.231 e. The van der Waals surface area contributed by atoms with E-state index in [2.05, 4.69) is 35.8 Å². The highest BCUT2D eigenvalue weighted by Gasteiger charge is 2.27. The van der Waals surface area contributed by atoms with E-state index >= 15 is 0 Å². The topological polar surface area (TPSA) is 23.4 Å². The third-order valence-corrected chi connectivity index (χ3v) is 3.92. The van der Waals surface area contributed by atoms with Crippen LogP contribution in [0.2, 0.25) is 0 Å². The standard InChI is InChI=1S/C16H16NO2/c1-11-2-6-14(13-4-5-13)17(11)9-12-3-7-15-16(8-12)19-10-18-15/h3,6-8,13H,4-5,9-10H2,1H3. The number of fused-ring (bicyclic) bond motifs is 1. The SMILES string of the molecule is Cc1[c]cc(C2CC2)n1Cc1ccc2c(c1)OCO2. The number of nitrogens with zero attached hydrogens (tertiary/aromatic N) is 1. The molecule has 19 heavy (non-hydrogen) atoms. The lowest BCUT2D eigenvalue weighted by molar-refractivity contribution is 0.174. The fourth-order valence-corrected chi connectivity index (χ4v) is 2.68. The van der Waals surface area contributed by atoms with E-state index in [1.54, 1.807) is 0 Å². The van der Waals surface area contributed by atoms with Crippen LogP contribution in [0.3, 0.4) is 0 Å². The van der Waals surface area contributed by atoms with Crippen molar-refractivity contribution < 1.29 is 9.47 Å². The first-order valence-corrected chi connectivity index (χ1v) is 6.77. The van der Waals surface area contributed by atoms with E-state index in [0.717, 1.165) is 24.0 Å². The molecule has 1 aromatic carbocycles. The highest BCUT2D eigenvalue weighted by atomic mass is 16.7. The van der Waals surface area contributed by atoms with E-state index in [1.807, 2.05) is 6.07 Å². The zero-order chi connectivity index (χ0) is 12.8. The zero-order valence-corrected chi connectivity index (χ0v) is 11.0. The van der Waals surface area contributed by atoms with Crippen LogP contribution < -0.4 is 9.47 Å². The molecule has 0 bridgehead atoms. The number of benzene rings is 1. The van der Waals surface area contributed by atoms with Gasteiger partial charge in [-0.05, 0) is 49.4 Å². The normalized spacial score (nSPS) is 16.9. The van der Waals surface area contributed by atoms with Crippen molar-refractivity contribution in [3.05, 3.63) is 47.3 Å². The molecule has 3 nitrogen and oxygen atoms in total. The fraction of sp³-hybridized carbons (Fsp3) is 0.375. The second-order valence-corrected chi connectivity index (χ2v) is 5.35. The molecule has 3 heteroatoms. The molecule has 0 unspecified atom stereocenters. The summed E-state index contributed by atoms with van der Waals surface area (Å²) >= 11 is 0. The number of rotatable bonds is 3. The van der Waals surface area contributed by atoms with Crippen molar-refractivity contribution in [3.8, 4) is 11.5 Å². The lowest BCUT2D eigenvalue weighted by Crippen LogP contribution is -2.05. The summed E-state index contributed by atoms with van der Waals surface area (Å²) in [6.45, 7) is 3.35. The highest BCUT2D eigenvalue weighted by Crippen LogP contribution is 2.41. The van der Waals surface area contributed by atoms with Crippen LogP contribution in [0, 0.1) is 13.0 Å². The van der Waals surface area contributed by atoms with Crippen LogP contribution in [0.4, 0.5) is 0 Å². The van der Waals surface area contributed by atoms with Gasteiger partial charge in [0.15, 0.2) is 11.5 Å². The Balaban J connectivity index is 1.66. The molecule has 1 aliphatic carbocycles. The molecule has 0 spiro atoms. The molecule has 0 saturated heterocycles. The van der Waals surface area contributed by atoms with Gasteiger partial charge in [0.25, 0.3) is 0 Å². The van der Waals surface area contributed by atoms with Crippen molar-refractivity contribution >= 4 is 0 Å². The Morgan fingerprint density at radius 1 is 1.26 bits per heavy atom. The van der Waals surface area contributed by atoms with Crippen molar-refractivity contribution in [2.75, 3.05) is 6.79 Å². The minimum Gasteiger partial charge on any atom is -0.454 e. The maximum atomic E-state index is 5.44. The van der Waals surface area contributed by atoms with Gasteiger partial charge in [-0.15, -0.1) is 0 Å². The third-order valence-electron chi connectivity index (χ3n) is 3.92. The van der Waals surface area contributed by atoms with Crippen LogP contribution >= 0.6 is 0 Å². The largest absolute Gasteiger partial charge is 0.454 e. The molecule has 97 valence electrons. The molecule has 1 radical (unpaired) electrons. The van der Waals surface area contributed by atoms with E-state index in [9.17, 15) is 0 Å². The minimum absolute atomic E-state index is 0.336. The van der Waals surface area contributed by atoms with Gasteiger partial charge in [0, 0.05) is 24.0 Å². The average molecular weight is 254 g/mol. The van der Waals surface area contributed by atoms with E-state index in [-0.39, 0.29) is 0 Å². The van der Waals surface area contributed by atoms with E-state index < -0.39 is 0 Å². The van der Waals surface area contributed by atoms with Crippen molar-refractivity contribution in [2.45, 2.75) is 32.2 Å². The average Bonchev–Trinajstić information content (AvgIpc) is 3.04. The molecular weight excluding hydrogens is 238 g/mol. The smallest absolute Gasteiger partial charge is 0.231 e. The van der Waals surface area contributed by atoms with Crippen LogP contribution in [0.5, 0.6) is 11.5 Å². The van der Waals surface area contributed by atoms with Crippen LogP contribution in [0.15, 0.2) is 24.3 Å². The van der Waals surface area contributed by atoms with E-state index in [0.29, 0.717) is 6.79 Å². The molecule has 2 aromatic rings. The van der Waals surface area contributed by atoms with Crippen LogP contribution in [0.1, 0.15) is 35.7 Å². The summed E-state index contributed by atoms with van der Waals surface area (Å²) in [7, 11) is 0. The molecule has 1 fully saturated rings. The van der Waals surface area contributed by atoms with Gasteiger partial charge in [-0.2, -0.15) is 0 Å². The first-order valence-electron chi connectivity index (χ1n) is 6.77. The van der Waals surface area contributed by atoms with Crippen molar-refractivity contribution in [1.29, 1.82) is 0 Å². The molecule has 2 heterocycles. The Labute approximate surface area is 112 Å². The monoisotopic (exact) mass is 254 g/mol. The Bertz CT molecular complexity index is 626. The molecule has 2 aliphatic rings. The number of hydrogen-bond acceptors (Lipinski definition) is 2. The Kier molecular flexibility index (Phi) is 2.34. The summed E-state index contributed by atoms with van der Waals surface area (Å²) in [6.07, 6.45) is 2.64. The Hall–Kier alpha value is -1.90. The van der Waals surface area contributed by atoms with Crippen LogP contribution in [-0.2, 0) is 6.54 Å². The van der Waals surface area contributed by atoms with E-state index in [1.165, 1.54) is 29.8 Å². The molecule has 1 aromatic heterocycles. The maximum absolute atomic E-state index is 5.44. The van der Waals surface area contributed by atoms with E-state index in [4.69, 9.17) is 9.47 Å². The molecule has 0 N–H and O–H groups in total. The highest BCUT2D eigenvalue weighted by molar-refractivity contribution is 5.44. The van der Waals surface area contributed by atoms with Gasteiger partial charge in [-0.3, -0.25) is 0 Å². The summed E-state index contributed by atoms with van der Waals surface area (Å²) in [5, 5.41) is 0. The molecule has 4 rings (SSSR count). The first kappa shape index (κ1) is 11.0. The van der Waals surface area contributed by atoms with Gasteiger partial charge in [0.05, 0.1) is 0 Å². The molecule has 1 aliphatic heterocycles. The van der Waals surface area contributed by atoms with Crippen LogP contribution in [-0.4, -0.2) is 11.4 Å². The molecular formula is C16H16NO2. The lowest BCUT2D eigenvalue weighted by Gasteiger charge is -2.11. The third kappa shape index (κ3) is 1.89. The quantitative estimate of drug-likeness (QED) is 0.839. The number of aromatic nitrogens is 1. The Morgan fingerprint density at radius 2 is 2.11 bits per heavy atom. The van der Waals surface area contributed by atoms with Crippen LogP contribution in [0.25, 0.3) is 0 Å². The summed E-state index contributed by atoms with van der Waals surface area (Å²) in [5.41, 5.74) is 3.88. The first-order chi connectivity index (χ1) is 9.31. The molecule has 0 atom stereocenters. The number of aryl methyl sites for hydroxylation is 1. The lowest BCUT2D eigenvalue weighted by atomic mass is 10.2. The van der Waals surface area contributed by atoms with Gasteiger partial charge >= 0.3 is 0 Å². The zero-order valence-electron chi connectivity index (χ0n) is 11.0. The van der Waals surface area contributed by atoms with Crippen molar-refractivity contribution in [2.24, 2.45) is 0 Å². The predicted molar refractivity (Wildman–Crippen MR) is 71.6 cm³/mol. The molecule has 1 saturated carbocycles. The Morgan fingerprint density at radius 3 is 2.95 bits per heavy atom. The summed E-state index contributed by atoms with van der Waals surface area (Å²) in [6, 6.07) is 11.7. The summed E-state index contributed by atoms with van der Waals surface area (Å²) < 4.78 is 13.2. The van der Waals surface area contributed by atoms with Crippen molar-refractivity contribution in [3.63, 3.8) is 0 Å². The van der Waals surface area contributed by atoms with Gasteiger partial charge in [-0.1, -0.05) is 6.07 Å². The summed E-state index contributed by atoms with van der Waals surface area (Å²) in [4.78, 5) is 0. The second kappa shape index (κ2) is 4.05. The van der Waals surface area contributed by atoms with Gasteiger partial charge in [-0.25, -0.2) is 0 Å². The van der Waals surface area contributed by atoms with Gasteiger partial charge in [0.2, 0.25) is 6.79 Å². The van der Waals surface area contributed by atoms with Gasteiger partial charge < -0.3 is 14.0 Å². The predicted octanol–water partition coefficient (Wildman–Crippen LogP) is 3.25. The van der Waals surface area contributed by atoms with Crippen molar-refractivity contribution in [1.82, 2.24) is 4.57 Å².